The Balaban J connectivity index is 2.04. The molecule has 0 bridgehead atoms. The molecular weight excluding hydrogens is 404 g/mol. The predicted molar refractivity (Wildman–Crippen MR) is 104 cm³/mol. The van der Waals surface area contributed by atoms with Crippen LogP contribution in [0.25, 0.3) is 0 Å². The van der Waals surface area contributed by atoms with Crippen molar-refractivity contribution in [3.63, 3.8) is 0 Å². The number of nitrogens with one attached hydrogen (secondary N) is 1. The Hall–Kier alpha value is -1.90. The van der Waals surface area contributed by atoms with Crippen molar-refractivity contribution in [2.45, 2.75) is 18.0 Å². The molecule has 2 aromatic carbocycles. The average molecular weight is 425 g/mol. The fourth-order valence-electron chi connectivity index (χ4n) is 2.36. The van der Waals surface area contributed by atoms with Gasteiger partial charge in [0.25, 0.3) is 0 Å². The molecule has 0 amide bonds. The maximum absolute atomic E-state index is 11.4. The van der Waals surface area contributed by atoms with Crippen LogP contribution >= 0.6 is 15.9 Å². The number of hydrogen-bond acceptors (Lipinski definition) is 3. The molecule has 0 saturated carbocycles. The van der Waals surface area contributed by atoms with Gasteiger partial charge in [-0.15, -0.1) is 0 Å². The Bertz CT molecular complexity index is 868. The summed E-state index contributed by atoms with van der Waals surface area (Å²) < 4.78 is 23.9. The molecule has 134 valence electrons. The van der Waals surface area contributed by atoms with E-state index in [1.165, 1.54) is 6.07 Å². The molecule has 2 aromatic rings. The first-order valence-corrected chi connectivity index (χ1v) is 9.92. The summed E-state index contributed by atoms with van der Waals surface area (Å²) in [5, 5.41) is 8.40. The molecule has 0 aromatic heterocycles. The van der Waals surface area contributed by atoms with E-state index in [2.05, 4.69) is 26.2 Å². The molecule has 0 atom stereocenters. The highest BCUT2D eigenvalue weighted by molar-refractivity contribution is 9.10. The van der Waals surface area contributed by atoms with Gasteiger partial charge in [-0.25, -0.2) is 13.6 Å². The molecule has 0 fully saturated rings. The van der Waals surface area contributed by atoms with Crippen LogP contribution in [0, 0.1) is 0 Å². The molecule has 0 heterocycles. The van der Waals surface area contributed by atoms with Gasteiger partial charge in [0.15, 0.2) is 5.96 Å². The van der Waals surface area contributed by atoms with E-state index in [0.717, 1.165) is 15.6 Å². The van der Waals surface area contributed by atoms with E-state index < -0.39 is 10.0 Å². The predicted octanol–water partition coefficient (Wildman–Crippen LogP) is 2.30. The molecule has 0 aliphatic carbocycles. The molecule has 0 spiro atoms. The Morgan fingerprint density at radius 3 is 2.60 bits per heavy atom. The molecule has 0 saturated heterocycles. The number of rotatable bonds is 5. The lowest BCUT2D eigenvalue weighted by Crippen LogP contribution is -2.38. The van der Waals surface area contributed by atoms with Gasteiger partial charge in [0.2, 0.25) is 10.0 Å². The molecule has 0 radical (unpaired) electrons. The second-order valence-corrected chi connectivity index (χ2v) is 7.96. The molecular formula is C17H21BrN4O2S. The van der Waals surface area contributed by atoms with Gasteiger partial charge in [-0.05, 0) is 29.3 Å². The van der Waals surface area contributed by atoms with Gasteiger partial charge in [0.1, 0.15) is 0 Å². The van der Waals surface area contributed by atoms with Crippen LogP contribution in [0.1, 0.15) is 11.1 Å². The largest absolute Gasteiger partial charge is 0.352 e. The Morgan fingerprint density at radius 2 is 1.96 bits per heavy atom. The van der Waals surface area contributed by atoms with Crippen LogP contribution < -0.4 is 10.5 Å². The summed E-state index contributed by atoms with van der Waals surface area (Å²) in [4.78, 5) is 6.36. The van der Waals surface area contributed by atoms with Crippen molar-refractivity contribution in [2.24, 2.45) is 10.1 Å². The average Bonchev–Trinajstić information content (AvgIpc) is 2.57. The molecule has 2 rings (SSSR count). The minimum absolute atomic E-state index is 0.100. The fourth-order valence-corrected chi connectivity index (χ4v) is 3.35. The summed E-state index contributed by atoms with van der Waals surface area (Å²) >= 11 is 3.54. The van der Waals surface area contributed by atoms with Crippen molar-refractivity contribution in [3.05, 3.63) is 64.1 Å². The standard InChI is InChI=1S/C17H21BrN4O2S/c1-20-17(22(2)12-14-7-3-4-9-16(14)18)21-11-13-6-5-8-15(10-13)25(19,23)24/h3-10H,11-12H2,1-2H3,(H,20,21)(H2,19,23,24). The van der Waals surface area contributed by atoms with E-state index in [4.69, 9.17) is 5.14 Å². The molecule has 0 aliphatic rings. The lowest BCUT2D eigenvalue weighted by Gasteiger charge is -2.23. The van der Waals surface area contributed by atoms with Crippen molar-refractivity contribution in [1.29, 1.82) is 0 Å². The maximum Gasteiger partial charge on any atom is 0.238 e. The van der Waals surface area contributed by atoms with Gasteiger partial charge < -0.3 is 10.2 Å². The number of hydrogen-bond donors (Lipinski definition) is 2. The Labute approximate surface area is 156 Å². The van der Waals surface area contributed by atoms with Gasteiger partial charge in [0, 0.05) is 31.7 Å². The molecule has 25 heavy (non-hydrogen) atoms. The number of halogens is 1. The van der Waals surface area contributed by atoms with Gasteiger partial charge in [-0.1, -0.05) is 46.3 Å². The van der Waals surface area contributed by atoms with E-state index in [-0.39, 0.29) is 4.90 Å². The number of nitrogens with two attached hydrogens (primary N) is 1. The fraction of sp³-hybridized carbons (Fsp3) is 0.235. The van der Waals surface area contributed by atoms with E-state index in [9.17, 15) is 8.42 Å². The third kappa shape index (κ3) is 5.55. The second kappa shape index (κ2) is 8.46. The highest BCUT2D eigenvalue weighted by Crippen LogP contribution is 2.17. The van der Waals surface area contributed by atoms with Gasteiger partial charge in [-0.2, -0.15) is 0 Å². The minimum Gasteiger partial charge on any atom is -0.352 e. The van der Waals surface area contributed by atoms with Crippen molar-refractivity contribution in [3.8, 4) is 0 Å². The second-order valence-electron chi connectivity index (χ2n) is 5.54. The third-order valence-electron chi connectivity index (χ3n) is 3.62. The quantitative estimate of drug-likeness (QED) is 0.569. The maximum atomic E-state index is 11.4. The first-order valence-electron chi connectivity index (χ1n) is 7.58. The summed E-state index contributed by atoms with van der Waals surface area (Å²) in [6.45, 7) is 1.12. The van der Waals surface area contributed by atoms with Gasteiger partial charge >= 0.3 is 0 Å². The van der Waals surface area contributed by atoms with Crippen LogP contribution in [-0.2, 0) is 23.1 Å². The van der Waals surface area contributed by atoms with Crippen molar-refractivity contribution in [1.82, 2.24) is 10.2 Å². The molecule has 3 N–H and O–H groups in total. The normalized spacial score (nSPS) is 12.1. The number of guanidine groups is 1. The first-order chi connectivity index (χ1) is 11.8. The summed E-state index contributed by atoms with van der Waals surface area (Å²) in [6.07, 6.45) is 0. The molecule has 8 heteroatoms. The van der Waals surface area contributed by atoms with Crippen LogP contribution in [0.4, 0.5) is 0 Å². The topological polar surface area (TPSA) is 87.8 Å². The Morgan fingerprint density at radius 1 is 1.24 bits per heavy atom. The summed E-state index contributed by atoms with van der Waals surface area (Å²) in [5.74, 6) is 0.705. The van der Waals surface area contributed by atoms with Crippen molar-refractivity contribution in [2.75, 3.05) is 14.1 Å². The molecule has 6 nitrogen and oxygen atoms in total. The van der Waals surface area contributed by atoms with Gasteiger partial charge in [0.05, 0.1) is 4.90 Å². The van der Waals surface area contributed by atoms with Crippen LogP contribution in [0.15, 0.2) is 62.9 Å². The lowest BCUT2D eigenvalue weighted by molar-refractivity contribution is 0.475. The summed E-state index contributed by atoms with van der Waals surface area (Å²) in [6, 6.07) is 14.5. The van der Waals surface area contributed by atoms with Crippen molar-refractivity contribution < 1.29 is 8.42 Å². The van der Waals surface area contributed by atoms with Crippen LogP contribution in [0.5, 0.6) is 0 Å². The minimum atomic E-state index is -3.70. The molecule has 0 aliphatic heterocycles. The van der Waals surface area contributed by atoms with E-state index in [0.29, 0.717) is 19.0 Å². The summed E-state index contributed by atoms with van der Waals surface area (Å²) in [5.41, 5.74) is 1.95. The number of primary sulfonamides is 1. The number of benzene rings is 2. The number of nitrogens with zero attached hydrogens (tertiary/aromatic N) is 2. The van der Waals surface area contributed by atoms with E-state index >= 15 is 0 Å². The zero-order valence-corrected chi connectivity index (χ0v) is 16.5. The highest BCUT2D eigenvalue weighted by Gasteiger charge is 2.10. The van der Waals surface area contributed by atoms with E-state index in [1.54, 1.807) is 19.2 Å². The monoisotopic (exact) mass is 424 g/mol. The zero-order valence-electron chi connectivity index (χ0n) is 14.1. The highest BCUT2D eigenvalue weighted by atomic mass is 79.9. The first kappa shape index (κ1) is 19.4. The Kier molecular flexibility index (Phi) is 6.57. The van der Waals surface area contributed by atoms with Crippen molar-refractivity contribution >= 4 is 31.9 Å². The summed E-state index contributed by atoms with van der Waals surface area (Å²) in [7, 11) is -0.0569. The van der Waals surface area contributed by atoms with Crippen LogP contribution in [0.3, 0.4) is 0 Å². The SMILES string of the molecule is CN=C(NCc1cccc(S(N)(=O)=O)c1)N(C)Cc1ccccc1Br. The number of sulfonamides is 1. The third-order valence-corrected chi connectivity index (χ3v) is 5.30. The van der Waals surface area contributed by atoms with Crippen LogP contribution in [0.2, 0.25) is 0 Å². The molecule has 0 unspecified atom stereocenters. The van der Waals surface area contributed by atoms with Gasteiger partial charge in [-0.3, -0.25) is 4.99 Å². The van der Waals surface area contributed by atoms with Crippen LogP contribution in [-0.4, -0.2) is 33.4 Å². The number of aliphatic imine (C=N–C) groups is 1. The lowest BCUT2D eigenvalue weighted by atomic mass is 10.2. The van der Waals surface area contributed by atoms with E-state index in [1.807, 2.05) is 42.3 Å². The smallest absolute Gasteiger partial charge is 0.238 e. The zero-order chi connectivity index (χ0) is 18.4.